The molecule has 0 saturated heterocycles. The van der Waals surface area contributed by atoms with Crippen LogP contribution in [0.3, 0.4) is 0 Å². The van der Waals surface area contributed by atoms with Crippen LogP contribution in [0.25, 0.3) is 0 Å². The Labute approximate surface area is 99.3 Å². The molecule has 0 N–H and O–H groups in total. The maximum Gasteiger partial charge on any atom is 0.119 e. The Morgan fingerprint density at radius 3 is 1.94 bits per heavy atom. The monoisotopic (exact) mass is 218 g/mol. The minimum atomic E-state index is 0.691. The Morgan fingerprint density at radius 1 is 0.750 bits per heavy atom. The molecule has 0 aromatic rings. The average Bonchev–Trinajstić information content (AvgIpc) is 2.31. The van der Waals surface area contributed by atoms with Crippen molar-refractivity contribution in [1.29, 1.82) is 0 Å². The van der Waals surface area contributed by atoms with Gasteiger partial charge in [-0.2, -0.15) is 0 Å². The van der Waals surface area contributed by atoms with Crippen LogP contribution < -0.4 is 0 Å². The molecule has 0 rings (SSSR count). The molecule has 0 aliphatic carbocycles. The van der Waals surface area contributed by atoms with Gasteiger partial charge in [0.25, 0.3) is 0 Å². The van der Waals surface area contributed by atoms with Gasteiger partial charge in [0.1, 0.15) is 6.29 Å². The summed E-state index contributed by atoms with van der Waals surface area (Å²) in [6, 6.07) is 0. The summed E-state index contributed by atoms with van der Waals surface area (Å²) in [5.41, 5.74) is 0. The van der Waals surface area contributed by atoms with Crippen LogP contribution in [-0.2, 0) is 4.79 Å². The molecule has 88 valence electrons. The highest BCUT2D eigenvalue weighted by atomic mass is 16.1. The number of carbonyl (C=O) groups is 1. The molecular formula is C15H22O. The number of hydrogen-bond donors (Lipinski definition) is 0. The van der Waals surface area contributed by atoms with Crippen molar-refractivity contribution in [2.75, 3.05) is 0 Å². The van der Waals surface area contributed by atoms with E-state index < -0.39 is 0 Å². The lowest BCUT2D eigenvalue weighted by atomic mass is 10.2. The summed E-state index contributed by atoms with van der Waals surface area (Å²) in [6.45, 7) is 2.12. The molecule has 0 saturated carbocycles. The van der Waals surface area contributed by atoms with E-state index in [0.717, 1.165) is 32.0 Å². The molecule has 1 nitrogen and oxygen atoms in total. The highest BCUT2D eigenvalue weighted by Crippen LogP contribution is 1.98. The van der Waals surface area contributed by atoms with Crippen molar-refractivity contribution in [3.05, 3.63) is 48.6 Å². The fourth-order valence-corrected chi connectivity index (χ4v) is 1.14. The molecule has 0 aliphatic heterocycles. The first kappa shape index (κ1) is 14.6. The molecule has 0 spiro atoms. The van der Waals surface area contributed by atoms with E-state index in [-0.39, 0.29) is 0 Å². The van der Waals surface area contributed by atoms with Gasteiger partial charge in [0.05, 0.1) is 0 Å². The van der Waals surface area contributed by atoms with Crippen molar-refractivity contribution in [1.82, 2.24) is 0 Å². The smallest absolute Gasteiger partial charge is 0.119 e. The normalized spacial score (nSPS) is 12.6. The zero-order chi connectivity index (χ0) is 11.9. The average molecular weight is 218 g/mol. The molecular weight excluding hydrogens is 196 g/mol. The molecule has 0 radical (unpaired) electrons. The summed E-state index contributed by atoms with van der Waals surface area (Å²) in [6.07, 6.45) is 22.3. The van der Waals surface area contributed by atoms with E-state index in [1.165, 1.54) is 0 Å². The van der Waals surface area contributed by atoms with E-state index in [9.17, 15) is 4.79 Å². The minimum absolute atomic E-state index is 0.691. The third kappa shape index (κ3) is 12.6. The van der Waals surface area contributed by atoms with Crippen molar-refractivity contribution in [3.8, 4) is 0 Å². The Kier molecular flexibility index (Phi) is 12.5. The number of rotatable bonds is 9. The number of allylic oxidation sites excluding steroid dienone is 8. The standard InChI is InChI=1S/C15H22O/c1-2-3-4-5-6-7-8-9-10-11-12-13-14-15-16/h3-10,15H,2,11-14H2,1H3/b4-3+,6-5+,8-7+,10-9+. The third-order valence-corrected chi connectivity index (χ3v) is 2.01. The Hall–Kier alpha value is -1.37. The van der Waals surface area contributed by atoms with Gasteiger partial charge in [0, 0.05) is 6.42 Å². The third-order valence-electron chi connectivity index (χ3n) is 2.01. The molecule has 0 aromatic heterocycles. The number of unbranched alkanes of at least 4 members (excludes halogenated alkanes) is 3. The van der Waals surface area contributed by atoms with Crippen LogP contribution in [0.1, 0.15) is 39.0 Å². The molecule has 0 fully saturated rings. The predicted octanol–water partition coefficient (Wildman–Crippen LogP) is 4.38. The largest absolute Gasteiger partial charge is 0.303 e. The summed E-state index contributed by atoms with van der Waals surface area (Å²) < 4.78 is 0. The van der Waals surface area contributed by atoms with Crippen molar-refractivity contribution in [2.24, 2.45) is 0 Å². The quantitative estimate of drug-likeness (QED) is 0.319. The van der Waals surface area contributed by atoms with Crippen LogP contribution in [0.2, 0.25) is 0 Å². The minimum Gasteiger partial charge on any atom is -0.303 e. The van der Waals surface area contributed by atoms with E-state index in [2.05, 4.69) is 25.2 Å². The summed E-state index contributed by atoms with van der Waals surface area (Å²) in [5.74, 6) is 0. The van der Waals surface area contributed by atoms with Gasteiger partial charge in [0.15, 0.2) is 0 Å². The second-order valence-corrected chi connectivity index (χ2v) is 3.49. The van der Waals surface area contributed by atoms with E-state index >= 15 is 0 Å². The fourth-order valence-electron chi connectivity index (χ4n) is 1.14. The van der Waals surface area contributed by atoms with Crippen molar-refractivity contribution >= 4 is 6.29 Å². The first-order chi connectivity index (χ1) is 7.91. The first-order valence-corrected chi connectivity index (χ1v) is 6.00. The van der Waals surface area contributed by atoms with E-state index in [1.807, 2.05) is 30.4 Å². The first-order valence-electron chi connectivity index (χ1n) is 6.00. The molecule has 0 unspecified atom stereocenters. The SMILES string of the molecule is CC/C=C/C=C/C=C/C=C/CCCCC=O. The lowest BCUT2D eigenvalue weighted by molar-refractivity contribution is -0.107. The second-order valence-electron chi connectivity index (χ2n) is 3.49. The lowest BCUT2D eigenvalue weighted by Crippen LogP contribution is -1.75. The van der Waals surface area contributed by atoms with Gasteiger partial charge in [-0.1, -0.05) is 55.5 Å². The molecule has 0 bridgehead atoms. The lowest BCUT2D eigenvalue weighted by Gasteiger charge is -1.89. The van der Waals surface area contributed by atoms with Gasteiger partial charge in [-0.05, 0) is 25.7 Å². The molecule has 0 atom stereocenters. The van der Waals surface area contributed by atoms with Crippen LogP contribution in [0.4, 0.5) is 0 Å². The van der Waals surface area contributed by atoms with Gasteiger partial charge in [0.2, 0.25) is 0 Å². The topological polar surface area (TPSA) is 17.1 Å². The van der Waals surface area contributed by atoms with Gasteiger partial charge in [-0.25, -0.2) is 0 Å². The van der Waals surface area contributed by atoms with Crippen molar-refractivity contribution < 1.29 is 4.79 Å². The van der Waals surface area contributed by atoms with Crippen molar-refractivity contribution in [2.45, 2.75) is 39.0 Å². The maximum atomic E-state index is 10.0. The number of aldehydes is 1. The van der Waals surface area contributed by atoms with Crippen LogP contribution in [0.5, 0.6) is 0 Å². The van der Waals surface area contributed by atoms with Crippen molar-refractivity contribution in [3.63, 3.8) is 0 Å². The van der Waals surface area contributed by atoms with Crippen LogP contribution in [-0.4, -0.2) is 6.29 Å². The second kappa shape index (κ2) is 13.6. The number of carbonyl (C=O) groups excluding carboxylic acids is 1. The van der Waals surface area contributed by atoms with E-state index in [4.69, 9.17) is 0 Å². The zero-order valence-electron chi connectivity index (χ0n) is 10.1. The molecule has 0 heterocycles. The van der Waals surface area contributed by atoms with E-state index in [1.54, 1.807) is 0 Å². The summed E-state index contributed by atoms with van der Waals surface area (Å²) in [5, 5.41) is 0. The number of hydrogen-bond acceptors (Lipinski definition) is 1. The van der Waals surface area contributed by atoms with Crippen LogP contribution >= 0.6 is 0 Å². The van der Waals surface area contributed by atoms with Gasteiger partial charge >= 0.3 is 0 Å². The highest BCUT2D eigenvalue weighted by Gasteiger charge is 1.82. The Balaban J connectivity index is 3.44. The van der Waals surface area contributed by atoms with E-state index in [0.29, 0.717) is 6.42 Å². The molecule has 0 aliphatic rings. The van der Waals surface area contributed by atoms with Gasteiger partial charge in [-0.15, -0.1) is 0 Å². The zero-order valence-corrected chi connectivity index (χ0v) is 10.1. The van der Waals surface area contributed by atoms with Crippen LogP contribution in [0.15, 0.2) is 48.6 Å². The van der Waals surface area contributed by atoms with Gasteiger partial charge < -0.3 is 4.79 Å². The van der Waals surface area contributed by atoms with Gasteiger partial charge in [-0.3, -0.25) is 0 Å². The fraction of sp³-hybridized carbons (Fsp3) is 0.400. The predicted molar refractivity (Wildman–Crippen MR) is 71.4 cm³/mol. The summed E-state index contributed by atoms with van der Waals surface area (Å²) in [7, 11) is 0. The van der Waals surface area contributed by atoms with Crippen LogP contribution in [0, 0.1) is 0 Å². The Bertz CT molecular complexity index is 257. The molecule has 1 heteroatoms. The maximum absolute atomic E-state index is 10.0. The Morgan fingerprint density at radius 2 is 1.31 bits per heavy atom. The molecule has 0 amide bonds. The summed E-state index contributed by atoms with van der Waals surface area (Å²) >= 11 is 0. The molecule has 16 heavy (non-hydrogen) atoms. The highest BCUT2D eigenvalue weighted by molar-refractivity contribution is 5.48. The summed E-state index contributed by atoms with van der Waals surface area (Å²) in [4.78, 5) is 10.0. The molecule has 0 aromatic carbocycles.